The Morgan fingerprint density at radius 3 is 2.71 bits per heavy atom. The van der Waals surface area contributed by atoms with Crippen molar-refractivity contribution in [3.8, 4) is 0 Å². The second-order valence-electron chi connectivity index (χ2n) is 3.80. The molecule has 17 heavy (non-hydrogen) atoms. The fourth-order valence-electron chi connectivity index (χ4n) is 1.72. The van der Waals surface area contributed by atoms with Crippen LogP contribution in [-0.4, -0.2) is 5.33 Å². The normalized spacial score (nSPS) is 12.6. The summed E-state index contributed by atoms with van der Waals surface area (Å²) < 4.78 is 14.3. The first-order chi connectivity index (χ1) is 8.20. The van der Waals surface area contributed by atoms with Gasteiger partial charge in [-0.3, -0.25) is 0 Å². The maximum absolute atomic E-state index is 13.2. The molecule has 0 bridgehead atoms. The molecule has 2 aromatic rings. The molecule has 0 aliphatic heterocycles. The lowest BCUT2D eigenvalue weighted by molar-refractivity contribution is 0.622. The zero-order valence-electron chi connectivity index (χ0n) is 9.00. The molecule has 0 N–H and O–H groups in total. The summed E-state index contributed by atoms with van der Waals surface area (Å²) in [6.45, 7) is 0. The van der Waals surface area contributed by atoms with Crippen molar-refractivity contribution in [1.29, 1.82) is 0 Å². The van der Waals surface area contributed by atoms with E-state index in [2.05, 4.69) is 43.3 Å². The van der Waals surface area contributed by atoms with Gasteiger partial charge in [-0.15, -0.1) is 11.3 Å². The molecular formula is C13H11Br2FS. The lowest BCUT2D eigenvalue weighted by Gasteiger charge is -2.14. The van der Waals surface area contributed by atoms with Crippen molar-refractivity contribution < 1.29 is 4.39 Å². The van der Waals surface area contributed by atoms with Crippen molar-refractivity contribution in [2.24, 2.45) is 0 Å². The molecule has 2 rings (SSSR count). The van der Waals surface area contributed by atoms with Crippen LogP contribution in [0.4, 0.5) is 4.39 Å². The monoisotopic (exact) mass is 376 g/mol. The Labute approximate surface area is 121 Å². The Hall–Kier alpha value is -0.190. The van der Waals surface area contributed by atoms with Gasteiger partial charge in [0.15, 0.2) is 0 Å². The number of hydrogen-bond donors (Lipinski definition) is 0. The summed E-state index contributed by atoms with van der Waals surface area (Å²) in [7, 11) is 0. The fraction of sp³-hybridized carbons (Fsp3) is 0.231. The van der Waals surface area contributed by atoms with Crippen LogP contribution in [0.1, 0.15) is 16.4 Å². The molecule has 1 aromatic heterocycles. The first kappa shape index (κ1) is 13.2. The zero-order valence-corrected chi connectivity index (χ0v) is 13.0. The van der Waals surface area contributed by atoms with Crippen LogP contribution < -0.4 is 0 Å². The lowest BCUT2D eigenvalue weighted by Crippen LogP contribution is -2.04. The van der Waals surface area contributed by atoms with E-state index in [9.17, 15) is 4.39 Å². The molecule has 0 amide bonds. The SMILES string of the molecule is Fc1cccc(C(CBr)Cc2sccc2Br)c1. The minimum Gasteiger partial charge on any atom is -0.207 e. The van der Waals surface area contributed by atoms with E-state index < -0.39 is 0 Å². The van der Waals surface area contributed by atoms with Gasteiger partial charge in [-0.2, -0.15) is 0 Å². The van der Waals surface area contributed by atoms with E-state index in [1.54, 1.807) is 23.5 Å². The van der Waals surface area contributed by atoms with Gasteiger partial charge in [0.05, 0.1) is 0 Å². The van der Waals surface area contributed by atoms with Crippen LogP contribution >= 0.6 is 43.2 Å². The average molecular weight is 378 g/mol. The van der Waals surface area contributed by atoms with Crippen molar-refractivity contribution in [2.45, 2.75) is 12.3 Å². The third-order valence-corrected chi connectivity index (χ3v) is 5.36. The molecular weight excluding hydrogens is 367 g/mol. The highest BCUT2D eigenvalue weighted by atomic mass is 79.9. The molecule has 0 aliphatic rings. The first-order valence-corrected chi connectivity index (χ1v) is 8.03. The maximum atomic E-state index is 13.2. The molecule has 1 heterocycles. The standard InChI is InChI=1S/C13H11Br2FS/c14-8-10(7-13-12(15)4-5-17-13)9-2-1-3-11(16)6-9/h1-6,10H,7-8H2. The van der Waals surface area contributed by atoms with Crippen LogP contribution in [0.15, 0.2) is 40.2 Å². The Balaban J connectivity index is 2.20. The van der Waals surface area contributed by atoms with Gasteiger partial charge in [-0.1, -0.05) is 28.1 Å². The largest absolute Gasteiger partial charge is 0.207 e. The molecule has 4 heteroatoms. The molecule has 1 aromatic carbocycles. The number of halogens is 3. The van der Waals surface area contributed by atoms with Gasteiger partial charge in [0.25, 0.3) is 0 Å². The van der Waals surface area contributed by atoms with Crippen LogP contribution in [0.3, 0.4) is 0 Å². The van der Waals surface area contributed by atoms with Crippen molar-refractivity contribution in [2.75, 3.05) is 5.33 Å². The van der Waals surface area contributed by atoms with Crippen molar-refractivity contribution >= 4 is 43.2 Å². The van der Waals surface area contributed by atoms with E-state index in [0.717, 1.165) is 21.8 Å². The maximum Gasteiger partial charge on any atom is 0.123 e. The highest BCUT2D eigenvalue weighted by Gasteiger charge is 2.14. The van der Waals surface area contributed by atoms with Gasteiger partial charge < -0.3 is 0 Å². The van der Waals surface area contributed by atoms with Gasteiger partial charge in [-0.25, -0.2) is 4.39 Å². The van der Waals surface area contributed by atoms with Crippen LogP contribution in [0, 0.1) is 5.82 Å². The van der Waals surface area contributed by atoms with E-state index in [0.29, 0.717) is 5.92 Å². The summed E-state index contributed by atoms with van der Waals surface area (Å²) in [4.78, 5) is 1.30. The number of thiophene rings is 1. The van der Waals surface area contributed by atoms with Gasteiger partial charge in [0.1, 0.15) is 5.82 Å². The summed E-state index contributed by atoms with van der Waals surface area (Å²) in [5.74, 6) is 0.138. The first-order valence-electron chi connectivity index (χ1n) is 5.24. The second-order valence-corrected chi connectivity index (χ2v) is 6.30. The minimum absolute atomic E-state index is 0.168. The molecule has 0 radical (unpaired) electrons. The molecule has 0 saturated carbocycles. The number of alkyl halides is 1. The highest BCUT2D eigenvalue weighted by molar-refractivity contribution is 9.10. The Kier molecular flexibility index (Phi) is 4.77. The Morgan fingerprint density at radius 1 is 1.29 bits per heavy atom. The zero-order chi connectivity index (χ0) is 12.3. The summed E-state index contributed by atoms with van der Waals surface area (Å²) in [6.07, 6.45) is 0.924. The van der Waals surface area contributed by atoms with Crippen molar-refractivity contribution in [3.63, 3.8) is 0 Å². The van der Waals surface area contributed by atoms with Crippen LogP contribution in [0.5, 0.6) is 0 Å². The average Bonchev–Trinajstić information content (AvgIpc) is 2.71. The topological polar surface area (TPSA) is 0 Å². The molecule has 0 aliphatic carbocycles. The molecule has 1 atom stereocenters. The van der Waals surface area contributed by atoms with E-state index in [1.165, 1.54) is 10.9 Å². The van der Waals surface area contributed by atoms with E-state index >= 15 is 0 Å². The van der Waals surface area contributed by atoms with Gasteiger partial charge in [0, 0.05) is 14.7 Å². The fourth-order valence-corrected chi connectivity index (χ4v) is 3.92. The van der Waals surface area contributed by atoms with Gasteiger partial charge in [-0.05, 0) is 57.4 Å². The Bertz CT molecular complexity index is 496. The lowest BCUT2D eigenvalue weighted by atomic mass is 9.97. The summed E-state index contributed by atoms with van der Waals surface area (Å²) in [5, 5.41) is 2.90. The highest BCUT2D eigenvalue weighted by Crippen LogP contribution is 2.30. The van der Waals surface area contributed by atoms with Crippen molar-refractivity contribution in [1.82, 2.24) is 0 Å². The predicted octanol–water partition coefficient (Wildman–Crippen LogP) is 5.37. The van der Waals surface area contributed by atoms with E-state index in [4.69, 9.17) is 0 Å². The second kappa shape index (κ2) is 6.12. The molecule has 0 spiro atoms. The predicted molar refractivity (Wildman–Crippen MR) is 78.7 cm³/mol. The third kappa shape index (κ3) is 3.39. The van der Waals surface area contributed by atoms with Crippen LogP contribution in [-0.2, 0) is 6.42 Å². The van der Waals surface area contributed by atoms with Gasteiger partial charge in [0.2, 0.25) is 0 Å². The van der Waals surface area contributed by atoms with Gasteiger partial charge >= 0.3 is 0 Å². The third-order valence-electron chi connectivity index (χ3n) is 2.63. The van der Waals surface area contributed by atoms with E-state index in [1.807, 2.05) is 6.07 Å². The molecule has 0 fully saturated rings. The number of benzene rings is 1. The minimum atomic E-state index is -0.168. The molecule has 90 valence electrons. The number of rotatable bonds is 4. The smallest absolute Gasteiger partial charge is 0.123 e. The molecule has 1 unspecified atom stereocenters. The van der Waals surface area contributed by atoms with E-state index in [-0.39, 0.29) is 5.82 Å². The summed E-state index contributed by atoms with van der Waals surface area (Å²) in [6, 6.07) is 8.90. The molecule has 0 saturated heterocycles. The summed E-state index contributed by atoms with van der Waals surface area (Å²) in [5.41, 5.74) is 1.04. The van der Waals surface area contributed by atoms with Crippen LogP contribution in [0.25, 0.3) is 0 Å². The molecule has 0 nitrogen and oxygen atoms in total. The summed E-state index contributed by atoms with van der Waals surface area (Å²) >= 11 is 8.78. The number of hydrogen-bond acceptors (Lipinski definition) is 1. The quantitative estimate of drug-likeness (QED) is 0.628. The van der Waals surface area contributed by atoms with Crippen molar-refractivity contribution in [3.05, 3.63) is 56.4 Å². The Morgan fingerprint density at radius 2 is 2.12 bits per heavy atom. The van der Waals surface area contributed by atoms with Crippen LogP contribution in [0.2, 0.25) is 0 Å².